The average molecular weight is 286 g/mol. The van der Waals surface area contributed by atoms with Gasteiger partial charge in [-0.05, 0) is 18.2 Å². The fourth-order valence-electron chi connectivity index (χ4n) is 1.25. The summed E-state index contributed by atoms with van der Waals surface area (Å²) >= 11 is 1.27. The molecule has 0 atom stereocenters. The van der Waals surface area contributed by atoms with Gasteiger partial charge in [-0.1, -0.05) is 0 Å². The van der Waals surface area contributed by atoms with Crippen molar-refractivity contribution in [2.75, 3.05) is 29.7 Å². The summed E-state index contributed by atoms with van der Waals surface area (Å²) in [6.45, 7) is 0. The van der Waals surface area contributed by atoms with E-state index in [1.54, 1.807) is 0 Å². The van der Waals surface area contributed by atoms with Gasteiger partial charge in [-0.15, -0.1) is 0 Å². The molecule has 0 aliphatic heterocycles. The molecule has 19 heavy (non-hydrogen) atoms. The van der Waals surface area contributed by atoms with Crippen molar-refractivity contribution in [2.45, 2.75) is 6.42 Å². The van der Waals surface area contributed by atoms with Gasteiger partial charge in [-0.2, -0.15) is 11.8 Å². The topological polar surface area (TPSA) is 81.4 Å². The Hall–Kier alpha value is -1.76. The molecule has 0 aliphatic rings. The molecule has 5 nitrogen and oxygen atoms in total. The molecule has 0 spiro atoms. The summed E-state index contributed by atoms with van der Waals surface area (Å²) in [4.78, 5) is 22.4. The first-order valence-corrected chi connectivity index (χ1v) is 6.68. The monoisotopic (exact) mass is 286 g/mol. The fraction of sp³-hybridized carbons (Fsp3) is 0.333. The molecule has 0 bridgehead atoms. The standard InChI is InChI=1S/C12H15FN2O3S/c1-18-12(17)4-5-19-7-11(16)15-10-6-8(14)2-3-9(10)13/h2-3,6H,4-5,7,14H2,1H3,(H,15,16). The van der Waals surface area contributed by atoms with Crippen molar-refractivity contribution >= 4 is 35.0 Å². The first-order valence-electron chi connectivity index (χ1n) is 5.52. The van der Waals surface area contributed by atoms with Crippen molar-refractivity contribution in [3.63, 3.8) is 0 Å². The highest BCUT2D eigenvalue weighted by Crippen LogP contribution is 2.17. The molecule has 104 valence electrons. The van der Waals surface area contributed by atoms with Crippen molar-refractivity contribution in [3.05, 3.63) is 24.0 Å². The quantitative estimate of drug-likeness (QED) is 0.472. The summed E-state index contributed by atoms with van der Waals surface area (Å²) in [5, 5.41) is 2.42. The number of methoxy groups -OCH3 is 1. The molecular weight excluding hydrogens is 271 g/mol. The first kappa shape index (κ1) is 15.3. The van der Waals surface area contributed by atoms with Crippen LogP contribution in [0.4, 0.5) is 15.8 Å². The fourth-order valence-corrected chi connectivity index (χ4v) is 1.96. The van der Waals surface area contributed by atoms with E-state index in [0.717, 1.165) is 0 Å². The Balaban J connectivity index is 2.35. The maximum absolute atomic E-state index is 13.3. The number of halogens is 1. The van der Waals surface area contributed by atoms with E-state index < -0.39 is 5.82 Å². The van der Waals surface area contributed by atoms with E-state index in [-0.39, 0.29) is 29.7 Å². The van der Waals surface area contributed by atoms with Crippen molar-refractivity contribution < 1.29 is 18.7 Å². The van der Waals surface area contributed by atoms with Gasteiger partial charge >= 0.3 is 5.97 Å². The molecular formula is C12H15FN2O3S. The van der Waals surface area contributed by atoms with Crippen molar-refractivity contribution in [3.8, 4) is 0 Å². The number of amides is 1. The van der Waals surface area contributed by atoms with Crippen LogP contribution < -0.4 is 11.1 Å². The molecule has 0 heterocycles. The second-order valence-electron chi connectivity index (χ2n) is 3.67. The predicted molar refractivity (Wildman–Crippen MR) is 73.4 cm³/mol. The third kappa shape index (κ3) is 5.60. The number of rotatable bonds is 6. The number of nitrogen functional groups attached to an aromatic ring is 1. The summed E-state index contributed by atoms with van der Waals surface area (Å²) in [7, 11) is 1.31. The van der Waals surface area contributed by atoms with E-state index in [0.29, 0.717) is 11.4 Å². The molecule has 1 rings (SSSR count). The lowest BCUT2D eigenvalue weighted by Crippen LogP contribution is -2.16. The van der Waals surface area contributed by atoms with Crippen LogP contribution in [0.25, 0.3) is 0 Å². The number of nitrogens with two attached hydrogens (primary N) is 1. The Morgan fingerprint density at radius 2 is 2.21 bits per heavy atom. The third-order valence-electron chi connectivity index (χ3n) is 2.18. The van der Waals surface area contributed by atoms with Gasteiger partial charge in [0.15, 0.2) is 0 Å². The third-order valence-corrected chi connectivity index (χ3v) is 3.13. The van der Waals surface area contributed by atoms with Crippen LogP contribution in [0.15, 0.2) is 18.2 Å². The Kier molecular flexibility index (Phi) is 6.14. The molecule has 1 amide bonds. The van der Waals surface area contributed by atoms with Gasteiger partial charge in [-0.25, -0.2) is 4.39 Å². The van der Waals surface area contributed by atoms with Crippen LogP contribution in [0.1, 0.15) is 6.42 Å². The Morgan fingerprint density at radius 1 is 1.47 bits per heavy atom. The predicted octanol–water partition coefficient (Wildman–Crippen LogP) is 1.64. The molecule has 1 aromatic carbocycles. The van der Waals surface area contributed by atoms with Crippen LogP contribution in [0.5, 0.6) is 0 Å². The molecule has 7 heteroatoms. The Labute approximate surface area is 114 Å². The molecule has 0 saturated carbocycles. The zero-order chi connectivity index (χ0) is 14.3. The zero-order valence-electron chi connectivity index (χ0n) is 10.4. The molecule has 0 aliphatic carbocycles. The molecule has 0 saturated heterocycles. The van der Waals surface area contributed by atoms with Crippen LogP contribution >= 0.6 is 11.8 Å². The maximum Gasteiger partial charge on any atom is 0.306 e. The largest absolute Gasteiger partial charge is 0.469 e. The van der Waals surface area contributed by atoms with E-state index in [1.807, 2.05) is 0 Å². The number of thioether (sulfide) groups is 1. The van der Waals surface area contributed by atoms with Gasteiger partial charge in [0.25, 0.3) is 0 Å². The summed E-state index contributed by atoms with van der Waals surface area (Å²) in [6, 6.07) is 3.96. The number of carbonyl (C=O) groups is 2. The number of benzene rings is 1. The molecule has 0 unspecified atom stereocenters. The number of ether oxygens (including phenoxy) is 1. The van der Waals surface area contributed by atoms with Crippen LogP contribution in [0, 0.1) is 5.82 Å². The van der Waals surface area contributed by atoms with Crippen LogP contribution in [-0.4, -0.2) is 30.5 Å². The second kappa shape index (κ2) is 7.63. The summed E-state index contributed by atoms with van der Waals surface area (Å²) in [5.74, 6) is -0.610. The average Bonchev–Trinajstić information content (AvgIpc) is 2.38. The number of hydrogen-bond donors (Lipinski definition) is 2. The lowest BCUT2D eigenvalue weighted by molar-refractivity contribution is -0.140. The highest BCUT2D eigenvalue weighted by atomic mass is 32.2. The summed E-state index contributed by atoms with van der Waals surface area (Å²) in [5.41, 5.74) is 5.92. The van der Waals surface area contributed by atoms with E-state index in [4.69, 9.17) is 5.73 Å². The Morgan fingerprint density at radius 3 is 2.89 bits per heavy atom. The van der Waals surface area contributed by atoms with Gasteiger partial charge in [-0.3, -0.25) is 9.59 Å². The molecule has 0 radical (unpaired) electrons. The van der Waals surface area contributed by atoms with Crippen LogP contribution in [-0.2, 0) is 14.3 Å². The summed E-state index contributed by atoms with van der Waals surface area (Å²) < 4.78 is 17.8. The van der Waals surface area contributed by atoms with E-state index >= 15 is 0 Å². The maximum atomic E-state index is 13.3. The van der Waals surface area contributed by atoms with Crippen molar-refractivity contribution in [1.29, 1.82) is 0 Å². The SMILES string of the molecule is COC(=O)CCSCC(=O)Nc1cc(N)ccc1F. The molecule has 0 aromatic heterocycles. The van der Waals surface area contributed by atoms with Crippen LogP contribution in [0.3, 0.4) is 0 Å². The van der Waals surface area contributed by atoms with Crippen molar-refractivity contribution in [1.82, 2.24) is 0 Å². The first-order chi connectivity index (χ1) is 9.02. The summed E-state index contributed by atoms with van der Waals surface area (Å²) in [6.07, 6.45) is 0.237. The van der Waals surface area contributed by atoms with E-state index in [2.05, 4.69) is 10.1 Å². The second-order valence-corrected chi connectivity index (χ2v) is 4.77. The van der Waals surface area contributed by atoms with Gasteiger partial charge in [0, 0.05) is 11.4 Å². The van der Waals surface area contributed by atoms with E-state index in [1.165, 1.54) is 37.1 Å². The highest BCUT2D eigenvalue weighted by Gasteiger charge is 2.08. The van der Waals surface area contributed by atoms with Crippen molar-refractivity contribution in [2.24, 2.45) is 0 Å². The minimum Gasteiger partial charge on any atom is -0.469 e. The normalized spacial score (nSPS) is 10.0. The smallest absolute Gasteiger partial charge is 0.306 e. The van der Waals surface area contributed by atoms with E-state index in [9.17, 15) is 14.0 Å². The lowest BCUT2D eigenvalue weighted by Gasteiger charge is -2.07. The lowest BCUT2D eigenvalue weighted by atomic mass is 10.2. The Bertz CT molecular complexity index is 468. The van der Waals surface area contributed by atoms with Crippen LogP contribution in [0.2, 0.25) is 0 Å². The number of anilines is 2. The number of hydrogen-bond acceptors (Lipinski definition) is 5. The number of nitrogens with one attached hydrogen (secondary N) is 1. The molecule has 3 N–H and O–H groups in total. The number of carbonyl (C=O) groups excluding carboxylic acids is 2. The van der Waals surface area contributed by atoms with Gasteiger partial charge in [0.05, 0.1) is 25.0 Å². The highest BCUT2D eigenvalue weighted by molar-refractivity contribution is 7.99. The minimum atomic E-state index is -0.540. The van der Waals surface area contributed by atoms with Gasteiger partial charge < -0.3 is 15.8 Å². The molecule has 0 fully saturated rings. The van der Waals surface area contributed by atoms with Gasteiger partial charge in [0.1, 0.15) is 5.82 Å². The van der Waals surface area contributed by atoms with Gasteiger partial charge in [0.2, 0.25) is 5.91 Å². The zero-order valence-corrected chi connectivity index (χ0v) is 11.3. The minimum absolute atomic E-state index is 0.0542. The molecule has 1 aromatic rings. The number of esters is 1.